The molecule has 194 valence electrons. The Kier molecular flexibility index (Phi) is 9.13. The fraction of sp³-hybridized carbons (Fsp3) is 0.444. The van der Waals surface area contributed by atoms with Crippen molar-refractivity contribution in [2.45, 2.75) is 57.3 Å². The maximum atomic E-state index is 13.3. The summed E-state index contributed by atoms with van der Waals surface area (Å²) >= 11 is 3.56. The molecule has 1 aliphatic heterocycles. The highest BCUT2D eigenvalue weighted by Gasteiger charge is 2.55. The zero-order valence-corrected chi connectivity index (χ0v) is 22.5. The monoisotopic (exact) mass is 561 g/mol. The molecule has 0 saturated carbocycles. The van der Waals surface area contributed by atoms with Gasteiger partial charge in [0.05, 0.1) is 13.7 Å². The van der Waals surface area contributed by atoms with Gasteiger partial charge in [-0.3, -0.25) is 4.79 Å². The first kappa shape index (κ1) is 27.7. The number of carbonyl (C=O) groups is 2. The highest BCUT2D eigenvalue weighted by Crippen LogP contribution is 2.45. The maximum Gasteiger partial charge on any atom is 0.338 e. The van der Waals surface area contributed by atoms with E-state index in [4.69, 9.17) is 29.0 Å². The number of rotatable bonds is 10. The van der Waals surface area contributed by atoms with E-state index in [1.807, 2.05) is 24.3 Å². The highest BCUT2D eigenvalue weighted by atomic mass is 79.9. The number of halogens is 1. The molecule has 2 atom stereocenters. The van der Waals surface area contributed by atoms with E-state index in [1.54, 1.807) is 45.0 Å². The Hall–Kier alpha value is -2.91. The van der Waals surface area contributed by atoms with E-state index in [-0.39, 0.29) is 25.3 Å². The Labute approximate surface area is 219 Å². The lowest BCUT2D eigenvalue weighted by atomic mass is 9.84. The Morgan fingerprint density at radius 2 is 1.83 bits per heavy atom. The first-order valence-corrected chi connectivity index (χ1v) is 12.5. The molecule has 0 radical (unpaired) electrons. The normalized spacial score (nSPS) is 19.3. The van der Waals surface area contributed by atoms with Crippen LogP contribution in [0.15, 0.2) is 58.0 Å². The lowest BCUT2D eigenvalue weighted by Crippen LogP contribution is -2.42. The van der Waals surface area contributed by atoms with Crippen molar-refractivity contribution in [1.29, 1.82) is 0 Å². The molecular weight excluding hydrogens is 530 g/mol. The van der Waals surface area contributed by atoms with E-state index in [1.165, 1.54) is 7.11 Å². The van der Waals surface area contributed by atoms with Crippen LogP contribution in [0.3, 0.4) is 0 Å². The number of esters is 2. The summed E-state index contributed by atoms with van der Waals surface area (Å²) in [5, 5.41) is 8.94. The van der Waals surface area contributed by atoms with Gasteiger partial charge in [-0.15, -0.1) is 0 Å². The summed E-state index contributed by atoms with van der Waals surface area (Å²) in [5.74, 6) is -0.153. The number of nitrogens with zero attached hydrogens (tertiary/aromatic N) is 1. The largest absolute Gasteiger partial charge is 0.494 e. The van der Waals surface area contributed by atoms with Crippen molar-refractivity contribution in [1.82, 2.24) is 0 Å². The smallest absolute Gasteiger partial charge is 0.338 e. The first-order chi connectivity index (χ1) is 17.1. The van der Waals surface area contributed by atoms with Gasteiger partial charge in [0.25, 0.3) is 0 Å². The number of aliphatic imine (C=N–C) groups is 1. The van der Waals surface area contributed by atoms with Crippen LogP contribution in [0.5, 0.6) is 5.75 Å². The standard InChI is InChI=1S/C27H32BrNO7/c1-26(2,3)36-22(31)14-15-27(25(32)33-4)23(20-8-5-6-9-21(20)28)35-24(29-27)18-10-12-19(13-11-18)34-17-7-16-30/h5-6,8-13,23,30H,7,14-17H2,1-4H3/t23-,27-/m1/s1. The third kappa shape index (κ3) is 6.64. The van der Waals surface area contributed by atoms with Crippen LogP contribution < -0.4 is 4.74 Å². The van der Waals surface area contributed by atoms with Crippen LogP contribution in [0.25, 0.3) is 0 Å². The fourth-order valence-electron chi connectivity index (χ4n) is 3.87. The number of hydrogen-bond donors (Lipinski definition) is 1. The van der Waals surface area contributed by atoms with Gasteiger partial charge in [-0.05, 0) is 57.5 Å². The number of aliphatic hydroxyl groups is 1. The Bertz CT molecular complexity index is 1090. The minimum Gasteiger partial charge on any atom is -0.494 e. The van der Waals surface area contributed by atoms with E-state index in [2.05, 4.69) is 15.9 Å². The third-order valence-corrected chi connectivity index (χ3v) is 6.22. The van der Waals surface area contributed by atoms with Crippen molar-refractivity contribution in [3.05, 3.63) is 64.1 Å². The van der Waals surface area contributed by atoms with Gasteiger partial charge in [0, 0.05) is 35.0 Å². The van der Waals surface area contributed by atoms with Crippen molar-refractivity contribution >= 4 is 33.8 Å². The first-order valence-electron chi connectivity index (χ1n) is 11.7. The topological polar surface area (TPSA) is 104 Å². The Morgan fingerprint density at radius 3 is 2.44 bits per heavy atom. The molecule has 0 amide bonds. The van der Waals surface area contributed by atoms with Crippen LogP contribution in [0.1, 0.15) is 57.3 Å². The zero-order valence-electron chi connectivity index (χ0n) is 21.0. The second-order valence-electron chi connectivity index (χ2n) is 9.39. The highest BCUT2D eigenvalue weighted by molar-refractivity contribution is 9.10. The summed E-state index contributed by atoms with van der Waals surface area (Å²) in [4.78, 5) is 30.6. The van der Waals surface area contributed by atoms with Crippen LogP contribution in [-0.2, 0) is 23.8 Å². The molecule has 0 aromatic heterocycles. The summed E-state index contributed by atoms with van der Waals surface area (Å²) in [7, 11) is 1.29. The predicted octanol–water partition coefficient (Wildman–Crippen LogP) is 4.76. The van der Waals surface area contributed by atoms with Crippen molar-refractivity contribution in [3.8, 4) is 5.75 Å². The molecule has 0 saturated heterocycles. The van der Waals surface area contributed by atoms with Gasteiger partial charge in [0.2, 0.25) is 11.4 Å². The minimum atomic E-state index is -1.50. The van der Waals surface area contributed by atoms with E-state index in [0.29, 0.717) is 29.9 Å². The second-order valence-corrected chi connectivity index (χ2v) is 10.2. The molecule has 0 fully saturated rings. The molecule has 0 unspecified atom stereocenters. The fourth-order valence-corrected chi connectivity index (χ4v) is 4.36. The summed E-state index contributed by atoms with van der Waals surface area (Å²) in [6, 6.07) is 14.5. The van der Waals surface area contributed by atoms with Crippen LogP contribution >= 0.6 is 15.9 Å². The molecule has 0 spiro atoms. The lowest BCUT2D eigenvalue weighted by Gasteiger charge is -2.30. The van der Waals surface area contributed by atoms with Gasteiger partial charge < -0.3 is 24.1 Å². The molecule has 9 heteroatoms. The predicted molar refractivity (Wildman–Crippen MR) is 138 cm³/mol. The third-order valence-electron chi connectivity index (χ3n) is 5.49. The van der Waals surface area contributed by atoms with Crippen LogP contribution in [0, 0.1) is 0 Å². The summed E-state index contributed by atoms with van der Waals surface area (Å²) in [6.45, 7) is 5.82. The number of hydrogen-bond acceptors (Lipinski definition) is 8. The van der Waals surface area contributed by atoms with Crippen molar-refractivity contribution in [3.63, 3.8) is 0 Å². The van der Waals surface area contributed by atoms with Gasteiger partial charge in [-0.2, -0.15) is 0 Å². The second kappa shape index (κ2) is 11.9. The van der Waals surface area contributed by atoms with Gasteiger partial charge in [0.15, 0.2) is 6.10 Å². The molecule has 36 heavy (non-hydrogen) atoms. The van der Waals surface area contributed by atoms with Gasteiger partial charge >= 0.3 is 11.9 Å². The van der Waals surface area contributed by atoms with Crippen LogP contribution in [0.2, 0.25) is 0 Å². The Morgan fingerprint density at radius 1 is 1.14 bits per heavy atom. The van der Waals surface area contributed by atoms with Gasteiger partial charge in [0.1, 0.15) is 11.4 Å². The SMILES string of the molecule is COC(=O)[C@]1(CCC(=O)OC(C)(C)C)N=C(c2ccc(OCCCO)cc2)O[C@@H]1c1ccccc1Br. The molecule has 2 aromatic carbocycles. The molecule has 8 nitrogen and oxygen atoms in total. The van der Waals surface area contributed by atoms with E-state index < -0.39 is 29.2 Å². The number of aliphatic hydroxyl groups excluding tert-OH is 1. The lowest BCUT2D eigenvalue weighted by molar-refractivity contribution is -0.157. The number of carbonyl (C=O) groups excluding carboxylic acids is 2. The summed E-state index contributed by atoms with van der Waals surface area (Å²) in [6.07, 6.45) is -0.319. The van der Waals surface area contributed by atoms with Crippen LogP contribution in [-0.4, -0.2) is 54.4 Å². The Balaban J connectivity index is 1.98. The summed E-state index contributed by atoms with van der Waals surface area (Å²) < 4.78 is 23.3. The number of methoxy groups -OCH3 is 1. The maximum absolute atomic E-state index is 13.3. The van der Waals surface area contributed by atoms with Gasteiger partial charge in [-0.25, -0.2) is 9.79 Å². The minimum absolute atomic E-state index is 0.0342. The van der Waals surface area contributed by atoms with Gasteiger partial charge in [-0.1, -0.05) is 34.1 Å². The average molecular weight is 562 g/mol. The van der Waals surface area contributed by atoms with E-state index in [0.717, 1.165) is 4.47 Å². The molecule has 0 bridgehead atoms. The number of ether oxygens (including phenoxy) is 4. The molecular formula is C27H32BrNO7. The average Bonchev–Trinajstić information content (AvgIpc) is 3.23. The zero-order chi connectivity index (χ0) is 26.3. The molecule has 2 aromatic rings. The molecule has 0 aliphatic carbocycles. The number of benzene rings is 2. The van der Waals surface area contributed by atoms with Crippen LogP contribution in [0.4, 0.5) is 0 Å². The molecule has 3 rings (SSSR count). The van der Waals surface area contributed by atoms with Crippen molar-refractivity contribution in [2.24, 2.45) is 4.99 Å². The van der Waals surface area contributed by atoms with E-state index >= 15 is 0 Å². The van der Waals surface area contributed by atoms with E-state index in [9.17, 15) is 9.59 Å². The summed E-state index contributed by atoms with van der Waals surface area (Å²) in [5.41, 5.74) is -0.806. The van der Waals surface area contributed by atoms with Crippen molar-refractivity contribution in [2.75, 3.05) is 20.3 Å². The molecule has 1 heterocycles. The quantitative estimate of drug-likeness (QED) is 0.329. The van der Waals surface area contributed by atoms with Crippen molar-refractivity contribution < 1.29 is 33.6 Å². The molecule has 1 aliphatic rings. The molecule has 1 N–H and O–H groups in total.